The number of nitrogens with one attached hydrogen (secondary N) is 1. The van der Waals surface area contributed by atoms with Crippen molar-refractivity contribution >= 4 is 23.7 Å². The zero-order chi connectivity index (χ0) is 34.8. The van der Waals surface area contributed by atoms with Crippen molar-refractivity contribution in [3.8, 4) is 0 Å². The molecule has 4 aliphatic rings. The highest BCUT2D eigenvalue weighted by atomic mass is 16.6. The maximum Gasteiger partial charge on any atom is 0.313 e. The fraction of sp³-hybridized carbons (Fsp3) is 0.350. The van der Waals surface area contributed by atoms with Crippen LogP contribution in [0, 0.1) is 11.8 Å². The molecule has 1 spiro atoms. The van der Waals surface area contributed by atoms with Gasteiger partial charge in [0.25, 0.3) is 0 Å². The third kappa shape index (κ3) is 6.03. The van der Waals surface area contributed by atoms with Gasteiger partial charge >= 0.3 is 5.97 Å². The van der Waals surface area contributed by atoms with Gasteiger partial charge in [-0.15, -0.1) is 0 Å². The summed E-state index contributed by atoms with van der Waals surface area (Å²) >= 11 is 0. The molecule has 2 fully saturated rings. The lowest BCUT2D eigenvalue weighted by Gasteiger charge is -2.38. The Bertz CT molecular complexity index is 1780. The maximum atomic E-state index is 15.0. The van der Waals surface area contributed by atoms with Gasteiger partial charge in [-0.05, 0) is 30.0 Å². The number of rotatable bonds is 6. The number of esters is 1. The van der Waals surface area contributed by atoms with E-state index in [1.807, 2.05) is 97.1 Å². The van der Waals surface area contributed by atoms with E-state index in [0.717, 1.165) is 5.56 Å². The van der Waals surface area contributed by atoms with Gasteiger partial charge in [0.15, 0.2) is 0 Å². The Kier molecular flexibility index (Phi) is 9.40. The topological polar surface area (TPSA) is 125 Å². The number of aliphatic hydroxyl groups excluding tert-OH is 1. The Balaban J connectivity index is 1.34. The average molecular weight is 676 g/mol. The molecule has 258 valence electrons. The number of benzene rings is 3. The molecule has 0 saturated carbocycles. The zero-order valence-corrected chi connectivity index (χ0v) is 27.8. The Morgan fingerprint density at radius 1 is 0.900 bits per heavy atom. The van der Waals surface area contributed by atoms with Crippen molar-refractivity contribution < 1.29 is 33.8 Å². The predicted molar refractivity (Wildman–Crippen MR) is 184 cm³/mol. The normalized spacial score (nSPS) is 30.9. The van der Waals surface area contributed by atoms with Crippen LogP contribution in [0.2, 0.25) is 0 Å². The van der Waals surface area contributed by atoms with Crippen LogP contribution in [-0.2, 0) is 35.2 Å². The van der Waals surface area contributed by atoms with E-state index in [4.69, 9.17) is 9.47 Å². The molecule has 4 aliphatic heterocycles. The molecule has 0 aliphatic carbocycles. The molecule has 2 N–H and O–H groups in total. The fourth-order valence-corrected chi connectivity index (χ4v) is 8.00. The Morgan fingerprint density at radius 2 is 1.58 bits per heavy atom. The fourth-order valence-electron chi connectivity index (χ4n) is 8.00. The molecule has 0 unspecified atom stereocenters. The summed E-state index contributed by atoms with van der Waals surface area (Å²) in [6, 6.07) is 25.2. The number of aliphatic hydroxyl groups is 1. The van der Waals surface area contributed by atoms with Crippen molar-refractivity contribution in [3.05, 3.63) is 132 Å². The minimum atomic E-state index is -1.54. The maximum absolute atomic E-state index is 15.0. The summed E-state index contributed by atoms with van der Waals surface area (Å²) in [5.41, 5.74) is 0.723. The van der Waals surface area contributed by atoms with Crippen LogP contribution in [0.3, 0.4) is 0 Å². The van der Waals surface area contributed by atoms with E-state index in [2.05, 4.69) is 5.32 Å². The van der Waals surface area contributed by atoms with E-state index in [1.54, 1.807) is 30.1 Å². The molecular formula is C40H41N3O7. The number of fused-ring (bicyclic) bond motifs is 2. The lowest BCUT2D eigenvalue weighted by atomic mass is 9.77. The molecule has 10 heteroatoms. The summed E-state index contributed by atoms with van der Waals surface area (Å²) in [6.07, 6.45) is 5.94. The van der Waals surface area contributed by atoms with Gasteiger partial charge in [0.05, 0.1) is 30.7 Å². The monoisotopic (exact) mass is 675 g/mol. The minimum absolute atomic E-state index is 0.184. The summed E-state index contributed by atoms with van der Waals surface area (Å²) < 4.78 is 13.1. The second kappa shape index (κ2) is 14.0. The van der Waals surface area contributed by atoms with Crippen LogP contribution in [0.25, 0.3) is 0 Å². The first kappa shape index (κ1) is 33.4. The second-order valence-corrected chi connectivity index (χ2v) is 13.4. The Labute approximate surface area is 291 Å². The predicted octanol–water partition coefficient (Wildman–Crippen LogP) is 4.04. The number of carbonyl (C=O) groups excluding carboxylic acids is 4. The van der Waals surface area contributed by atoms with Crippen molar-refractivity contribution in [3.63, 3.8) is 0 Å². The SMILES string of the molecule is C[C@H]1NC(=O)CC/C=C\[C@H]2O[C@]34C=CCN(Cc5ccccc5)C(=O)[C@H]3N([C@H](CO)c3ccccc3)C(=O)[C@@H]4[C@H]2C(=O)O[C@@H]1c1ccccc1. The van der Waals surface area contributed by atoms with Crippen LogP contribution >= 0.6 is 0 Å². The molecular weight excluding hydrogens is 634 g/mol. The highest BCUT2D eigenvalue weighted by Gasteiger charge is 2.72. The van der Waals surface area contributed by atoms with E-state index in [1.165, 1.54) is 4.90 Å². The highest BCUT2D eigenvalue weighted by molar-refractivity contribution is 5.99. The van der Waals surface area contributed by atoms with Crippen LogP contribution in [0.5, 0.6) is 0 Å². The van der Waals surface area contributed by atoms with E-state index in [9.17, 15) is 19.5 Å². The summed E-state index contributed by atoms with van der Waals surface area (Å²) in [4.78, 5) is 60.4. The molecule has 8 atom stereocenters. The first-order valence-corrected chi connectivity index (χ1v) is 17.2. The second-order valence-electron chi connectivity index (χ2n) is 13.4. The van der Waals surface area contributed by atoms with Gasteiger partial charge in [0.2, 0.25) is 17.7 Å². The van der Waals surface area contributed by atoms with Crippen molar-refractivity contribution in [1.82, 2.24) is 15.1 Å². The molecule has 0 aromatic heterocycles. The van der Waals surface area contributed by atoms with Crippen molar-refractivity contribution in [2.75, 3.05) is 13.2 Å². The molecule has 4 heterocycles. The summed E-state index contributed by atoms with van der Waals surface area (Å²) in [5.74, 6) is -3.92. The Hall–Kier alpha value is -5.06. The third-order valence-corrected chi connectivity index (χ3v) is 10.3. The summed E-state index contributed by atoms with van der Waals surface area (Å²) in [7, 11) is 0. The minimum Gasteiger partial charge on any atom is -0.455 e. The first-order chi connectivity index (χ1) is 24.3. The quantitative estimate of drug-likeness (QED) is 0.299. The van der Waals surface area contributed by atoms with Gasteiger partial charge in [-0.1, -0.05) is 115 Å². The van der Waals surface area contributed by atoms with Crippen LogP contribution in [0.15, 0.2) is 115 Å². The lowest BCUT2D eigenvalue weighted by molar-refractivity contribution is -0.162. The molecule has 50 heavy (non-hydrogen) atoms. The molecule has 7 rings (SSSR count). The molecule has 10 nitrogen and oxygen atoms in total. The van der Waals surface area contributed by atoms with Crippen LogP contribution in [0.1, 0.15) is 48.6 Å². The molecule has 2 saturated heterocycles. The van der Waals surface area contributed by atoms with Crippen LogP contribution in [-0.4, -0.2) is 75.5 Å². The van der Waals surface area contributed by atoms with Crippen molar-refractivity contribution in [1.29, 1.82) is 0 Å². The molecule has 3 aromatic rings. The van der Waals surface area contributed by atoms with Gasteiger partial charge in [-0.25, -0.2) is 0 Å². The summed E-state index contributed by atoms with van der Waals surface area (Å²) in [6.45, 7) is 1.89. The number of likely N-dealkylation sites (tertiary alicyclic amines) is 1. The zero-order valence-electron chi connectivity index (χ0n) is 27.8. The smallest absolute Gasteiger partial charge is 0.313 e. The largest absolute Gasteiger partial charge is 0.455 e. The standard InChI is InChI=1S/C40H41N3O7/c1-26-35(29-18-9-4-10-19-29)49-39(48)33-31(20-11-12-21-32(45)41-26)50-40-22-13-23-42(24-27-14-5-2-6-15-27)38(47)36(40)43(37(46)34(33)40)30(25-44)28-16-7-3-8-17-28/h2-11,13-20,22,26,30-31,33-36,44H,12,21,23-25H2,1H3,(H,41,45)/b20-11-/t26-,30-,31-,33+,34+,35+,36-,40+/m1/s1. The van der Waals surface area contributed by atoms with Crippen molar-refractivity contribution in [2.45, 2.75) is 62.2 Å². The van der Waals surface area contributed by atoms with Crippen molar-refractivity contribution in [2.24, 2.45) is 11.8 Å². The number of hydrogen-bond donors (Lipinski definition) is 2. The van der Waals surface area contributed by atoms with E-state index >= 15 is 4.79 Å². The number of amides is 3. The van der Waals surface area contributed by atoms with Gasteiger partial charge in [0.1, 0.15) is 23.7 Å². The highest BCUT2D eigenvalue weighted by Crippen LogP contribution is 2.55. The van der Waals surface area contributed by atoms with Gasteiger partial charge in [0, 0.05) is 19.5 Å². The molecule has 3 aromatic carbocycles. The molecule has 3 amide bonds. The number of cyclic esters (lactones) is 1. The summed E-state index contributed by atoms with van der Waals surface area (Å²) in [5, 5.41) is 13.8. The molecule has 0 bridgehead atoms. The number of nitrogens with zero attached hydrogens (tertiary/aromatic N) is 2. The number of hydrogen-bond acceptors (Lipinski definition) is 7. The lowest BCUT2D eigenvalue weighted by Crippen LogP contribution is -2.56. The first-order valence-electron chi connectivity index (χ1n) is 17.2. The van der Waals surface area contributed by atoms with E-state index < -0.39 is 66.3 Å². The van der Waals surface area contributed by atoms with E-state index in [0.29, 0.717) is 24.1 Å². The number of allylic oxidation sites excluding steroid dienone is 1. The number of ether oxygens (including phenoxy) is 2. The Morgan fingerprint density at radius 3 is 2.28 bits per heavy atom. The van der Waals surface area contributed by atoms with Crippen LogP contribution in [0.4, 0.5) is 0 Å². The third-order valence-electron chi connectivity index (χ3n) is 10.3. The van der Waals surface area contributed by atoms with Gasteiger partial charge in [-0.3, -0.25) is 19.2 Å². The van der Waals surface area contributed by atoms with Gasteiger partial charge in [-0.2, -0.15) is 0 Å². The number of carbonyl (C=O) groups is 4. The average Bonchev–Trinajstić information content (AvgIpc) is 3.52. The molecule has 0 radical (unpaired) electrons. The van der Waals surface area contributed by atoms with Gasteiger partial charge < -0.3 is 29.7 Å². The van der Waals surface area contributed by atoms with E-state index in [-0.39, 0.29) is 24.8 Å². The van der Waals surface area contributed by atoms with Crippen LogP contribution < -0.4 is 5.32 Å².